The van der Waals surface area contributed by atoms with Gasteiger partial charge in [-0.1, -0.05) is 30.2 Å². The lowest BCUT2D eigenvalue weighted by Crippen LogP contribution is -2.45. The van der Waals surface area contributed by atoms with Crippen LogP contribution in [0.25, 0.3) is 0 Å². The summed E-state index contributed by atoms with van der Waals surface area (Å²) in [5, 5.41) is 15.5. The van der Waals surface area contributed by atoms with Crippen molar-refractivity contribution < 1.29 is 9.90 Å². The highest BCUT2D eigenvalue weighted by Crippen LogP contribution is 2.37. The van der Waals surface area contributed by atoms with E-state index >= 15 is 0 Å². The first kappa shape index (κ1) is 16.1. The third kappa shape index (κ3) is 4.61. The first-order valence-electron chi connectivity index (χ1n) is 7.53. The summed E-state index contributed by atoms with van der Waals surface area (Å²) >= 11 is 5.93. The molecule has 2 amide bonds. The number of carbonyl (C=O) groups is 1. The number of amides is 2. The lowest BCUT2D eigenvalue weighted by Gasteiger charge is -2.35. The van der Waals surface area contributed by atoms with Gasteiger partial charge in [-0.3, -0.25) is 0 Å². The summed E-state index contributed by atoms with van der Waals surface area (Å²) in [6, 6.07) is 7.47. The second kappa shape index (κ2) is 7.66. The predicted octanol–water partition coefficient (Wildman–Crippen LogP) is 3.25. The molecule has 1 saturated carbocycles. The molecule has 1 aliphatic rings. The van der Waals surface area contributed by atoms with Gasteiger partial charge in [-0.15, -0.1) is 0 Å². The van der Waals surface area contributed by atoms with Crippen molar-refractivity contribution in [2.75, 3.05) is 6.61 Å². The number of hydrogen-bond donors (Lipinski definition) is 3. The molecule has 0 saturated heterocycles. The Kier molecular flexibility index (Phi) is 5.88. The van der Waals surface area contributed by atoms with E-state index in [0.717, 1.165) is 18.4 Å². The molecule has 1 unspecified atom stereocenters. The molecule has 4 nitrogen and oxygen atoms in total. The highest BCUT2D eigenvalue weighted by molar-refractivity contribution is 6.30. The van der Waals surface area contributed by atoms with Crippen molar-refractivity contribution in [3.05, 3.63) is 34.9 Å². The van der Waals surface area contributed by atoms with Gasteiger partial charge in [0, 0.05) is 17.7 Å². The minimum Gasteiger partial charge on any atom is -0.396 e. The smallest absolute Gasteiger partial charge is 0.315 e. The first-order chi connectivity index (χ1) is 10.1. The fraction of sp³-hybridized carbons (Fsp3) is 0.562. The Morgan fingerprint density at radius 3 is 2.52 bits per heavy atom. The summed E-state index contributed by atoms with van der Waals surface area (Å²) in [5.41, 5.74) is 1.09. The van der Waals surface area contributed by atoms with Gasteiger partial charge in [-0.05, 0) is 49.8 Å². The molecular formula is C16H23ClN2O2. The Balaban J connectivity index is 1.99. The summed E-state index contributed by atoms with van der Waals surface area (Å²) in [7, 11) is 0. The lowest BCUT2D eigenvalue weighted by molar-refractivity contribution is 0.203. The van der Waals surface area contributed by atoms with E-state index in [0.29, 0.717) is 17.4 Å². The van der Waals surface area contributed by atoms with Crippen molar-refractivity contribution in [2.24, 2.45) is 5.92 Å². The molecular weight excluding hydrogens is 288 g/mol. The lowest BCUT2D eigenvalue weighted by atomic mass is 9.77. The Morgan fingerprint density at radius 2 is 2.00 bits per heavy atom. The second-order valence-corrected chi connectivity index (χ2v) is 6.19. The molecule has 116 valence electrons. The van der Waals surface area contributed by atoms with Crippen molar-refractivity contribution in [3.8, 4) is 0 Å². The van der Waals surface area contributed by atoms with E-state index in [-0.39, 0.29) is 24.7 Å². The van der Waals surface area contributed by atoms with Crippen molar-refractivity contribution in [1.29, 1.82) is 0 Å². The van der Waals surface area contributed by atoms with Crippen LogP contribution >= 0.6 is 11.6 Å². The predicted molar refractivity (Wildman–Crippen MR) is 84.4 cm³/mol. The van der Waals surface area contributed by atoms with Gasteiger partial charge in [0.25, 0.3) is 0 Å². The van der Waals surface area contributed by atoms with E-state index in [1.165, 1.54) is 6.42 Å². The van der Waals surface area contributed by atoms with Crippen LogP contribution in [0.5, 0.6) is 0 Å². The molecule has 21 heavy (non-hydrogen) atoms. The van der Waals surface area contributed by atoms with Crippen molar-refractivity contribution in [1.82, 2.24) is 10.6 Å². The molecule has 1 aliphatic carbocycles. The van der Waals surface area contributed by atoms with Crippen LogP contribution < -0.4 is 10.6 Å². The van der Waals surface area contributed by atoms with Crippen molar-refractivity contribution in [2.45, 2.75) is 44.7 Å². The zero-order valence-corrected chi connectivity index (χ0v) is 13.1. The molecule has 1 aromatic carbocycles. The molecule has 2 atom stereocenters. The number of rotatable bonds is 6. The number of benzene rings is 1. The van der Waals surface area contributed by atoms with E-state index in [2.05, 4.69) is 10.6 Å². The van der Waals surface area contributed by atoms with Crippen LogP contribution in [0.3, 0.4) is 0 Å². The summed E-state index contributed by atoms with van der Waals surface area (Å²) in [6.07, 6.45) is 4.06. The van der Waals surface area contributed by atoms with E-state index in [1.807, 2.05) is 31.2 Å². The van der Waals surface area contributed by atoms with Crippen molar-refractivity contribution in [3.63, 3.8) is 0 Å². The summed E-state index contributed by atoms with van der Waals surface area (Å²) in [4.78, 5) is 12.1. The average molecular weight is 311 g/mol. The highest BCUT2D eigenvalue weighted by atomic mass is 35.5. The maximum absolute atomic E-state index is 12.1. The Labute approximate surface area is 130 Å². The van der Waals surface area contributed by atoms with Gasteiger partial charge in [0.15, 0.2) is 0 Å². The van der Waals surface area contributed by atoms with Crippen molar-refractivity contribution >= 4 is 17.6 Å². The quantitative estimate of drug-likeness (QED) is 0.755. The van der Waals surface area contributed by atoms with E-state index in [4.69, 9.17) is 16.7 Å². The minimum absolute atomic E-state index is 0.0253. The SMILES string of the molecule is C[C@H](CCO)NC(=O)NC(c1ccc(Cl)cc1)C1CCC1. The second-order valence-electron chi connectivity index (χ2n) is 5.75. The molecule has 0 heterocycles. The molecule has 1 aromatic rings. The number of nitrogens with one attached hydrogen (secondary N) is 2. The van der Waals surface area contributed by atoms with Crippen LogP contribution in [-0.4, -0.2) is 23.8 Å². The maximum Gasteiger partial charge on any atom is 0.315 e. The number of hydrogen-bond acceptors (Lipinski definition) is 2. The number of aliphatic hydroxyl groups excluding tert-OH is 1. The summed E-state index contributed by atoms with van der Waals surface area (Å²) < 4.78 is 0. The number of halogens is 1. The monoisotopic (exact) mass is 310 g/mol. The van der Waals surface area contributed by atoms with E-state index < -0.39 is 0 Å². The largest absolute Gasteiger partial charge is 0.396 e. The Hall–Kier alpha value is -1.26. The van der Waals surface area contributed by atoms with Gasteiger partial charge < -0.3 is 15.7 Å². The third-order valence-electron chi connectivity index (χ3n) is 4.08. The first-order valence-corrected chi connectivity index (χ1v) is 7.91. The van der Waals surface area contributed by atoms with Gasteiger partial charge in [-0.25, -0.2) is 4.79 Å². The van der Waals surface area contributed by atoms with Crippen LogP contribution in [0.1, 0.15) is 44.2 Å². The van der Waals surface area contributed by atoms with Crippen LogP contribution in [0.2, 0.25) is 5.02 Å². The van der Waals surface area contributed by atoms with Gasteiger partial charge >= 0.3 is 6.03 Å². The minimum atomic E-state index is -0.178. The normalized spacial score (nSPS) is 17.7. The number of aliphatic hydroxyl groups is 1. The van der Waals surface area contributed by atoms with Gasteiger partial charge in [0.1, 0.15) is 0 Å². The zero-order valence-electron chi connectivity index (χ0n) is 12.3. The molecule has 0 spiro atoms. The fourth-order valence-corrected chi connectivity index (χ4v) is 2.72. The maximum atomic E-state index is 12.1. The molecule has 2 rings (SSSR count). The molecule has 0 aliphatic heterocycles. The third-order valence-corrected chi connectivity index (χ3v) is 4.33. The fourth-order valence-electron chi connectivity index (χ4n) is 2.59. The zero-order chi connectivity index (χ0) is 15.2. The molecule has 0 radical (unpaired) electrons. The average Bonchev–Trinajstić information content (AvgIpc) is 2.37. The Morgan fingerprint density at radius 1 is 1.33 bits per heavy atom. The van der Waals surface area contributed by atoms with Crippen LogP contribution in [0, 0.1) is 5.92 Å². The van der Waals surface area contributed by atoms with Crippen LogP contribution in [-0.2, 0) is 0 Å². The Bertz CT molecular complexity index is 460. The molecule has 0 aromatic heterocycles. The van der Waals surface area contributed by atoms with E-state index in [9.17, 15) is 4.79 Å². The number of carbonyl (C=O) groups excluding carboxylic acids is 1. The molecule has 3 N–H and O–H groups in total. The van der Waals surface area contributed by atoms with E-state index in [1.54, 1.807) is 0 Å². The summed E-state index contributed by atoms with van der Waals surface area (Å²) in [5.74, 6) is 0.491. The highest BCUT2D eigenvalue weighted by Gasteiger charge is 2.29. The van der Waals surface area contributed by atoms with Gasteiger partial charge in [-0.2, -0.15) is 0 Å². The molecule has 5 heteroatoms. The summed E-state index contributed by atoms with van der Waals surface area (Å²) in [6.45, 7) is 1.96. The van der Waals surface area contributed by atoms with Gasteiger partial charge in [0.05, 0.1) is 6.04 Å². The van der Waals surface area contributed by atoms with Gasteiger partial charge in [0.2, 0.25) is 0 Å². The standard InChI is InChI=1S/C16H23ClN2O2/c1-11(9-10-20)18-16(21)19-15(12-3-2-4-12)13-5-7-14(17)8-6-13/h5-8,11-12,15,20H,2-4,9-10H2,1H3,(H2,18,19,21)/t11-,15?/m1/s1. The van der Waals surface area contributed by atoms with Crippen LogP contribution in [0.4, 0.5) is 4.79 Å². The van der Waals surface area contributed by atoms with Crippen LogP contribution in [0.15, 0.2) is 24.3 Å². The topological polar surface area (TPSA) is 61.4 Å². The molecule has 1 fully saturated rings. The number of urea groups is 1. The molecule has 0 bridgehead atoms.